The van der Waals surface area contributed by atoms with Crippen LogP contribution in [-0.4, -0.2) is 19.2 Å². The molecule has 0 heterocycles. The number of hydrogen-bond donors (Lipinski definition) is 1. The van der Waals surface area contributed by atoms with Gasteiger partial charge in [-0.2, -0.15) is 5.10 Å². The molecule has 0 bridgehead atoms. The first-order valence-corrected chi connectivity index (χ1v) is 12.2. The molecule has 0 aromatic heterocycles. The molecule has 9 heteroatoms. The number of ether oxygens (including phenoxy) is 2. The van der Waals surface area contributed by atoms with Crippen molar-refractivity contribution in [2.24, 2.45) is 5.10 Å². The number of hydrazone groups is 1. The molecule has 0 radical (unpaired) electrons. The molecule has 0 unspecified atom stereocenters. The smallest absolute Gasteiger partial charge is 0.271 e. The van der Waals surface area contributed by atoms with Gasteiger partial charge in [-0.05, 0) is 115 Å². The lowest BCUT2D eigenvalue weighted by atomic mass is 10.2. The summed E-state index contributed by atoms with van der Waals surface area (Å²) in [6, 6.07) is 16.8. The third-order valence-electron chi connectivity index (χ3n) is 4.11. The van der Waals surface area contributed by atoms with Crippen molar-refractivity contribution in [3.05, 3.63) is 87.9 Å². The van der Waals surface area contributed by atoms with Crippen LogP contribution in [0.3, 0.4) is 0 Å². The molecule has 1 N–H and O–H groups in total. The number of benzene rings is 3. The highest BCUT2D eigenvalue weighted by Crippen LogP contribution is 2.34. The second kappa shape index (κ2) is 11.5. The Morgan fingerprint density at radius 3 is 2.58 bits per heavy atom. The summed E-state index contributed by atoms with van der Waals surface area (Å²) in [6.07, 6.45) is 1.52. The first kappa shape index (κ1) is 24.3. The van der Waals surface area contributed by atoms with Crippen molar-refractivity contribution >= 4 is 84.8 Å². The van der Waals surface area contributed by atoms with E-state index in [0.29, 0.717) is 38.7 Å². The van der Waals surface area contributed by atoms with Crippen LogP contribution in [0.1, 0.15) is 21.5 Å². The monoisotopic (exact) mass is 724 g/mol. The molecule has 3 aromatic carbocycles. The van der Waals surface area contributed by atoms with Gasteiger partial charge in [-0.3, -0.25) is 4.79 Å². The van der Waals surface area contributed by atoms with E-state index in [9.17, 15) is 4.79 Å². The summed E-state index contributed by atoms with van der Waals surface area (Å²) in [5.41, 5.74) is 4.71. The molecule has 0 spiro atoms. The number of nitrogens with zero attached hydrogens (tertiary/aromatic N) is 1. The van der Waals surface area contributed by atoms with Gasteiger partial charge in [0.15, 0.2) is 5.75 Å². The average Bonchev–Trinajstić information content (AvgIpc) is 2.74. The Bertz CT molecular complexity index is 1100. The van der Waals surface area contributed by atoms with Gasteiger partial charge in [0, 0.05) is 9.13 Å². The van der Waals surface area contributed by atoms with Gasteiger partial charge in [-0.25, -0.2) is 5.43 Å². The third kappa shape index (κ3) is 6.80. The molecule has 0 atom stereocenters. The molecule has 0 saturated heterocycles. The predicted octanol–water partition coefficient (Wildman–Crippen LogP) is 6.66. The van der Waals surface area contributed by atoms with Gasteiger partial charge in [-0.15, -0.1) is 0 Å². The lowest BCUT2D eigenvalue weighted by molar-refractivity contribution is 0.0954. The van der Waals surface area contributed by atoms with Crippen molar-refractivity contribution in [3.8, 4) is 11.5 Å². The summed E-state index contributed by atoms with van der Waals surface area (Å²) >= 11 is 14.3. The molecule has 3 rings (SSSR count). The number of methoxy groups -OCH3 is 1. The van der Waals surface area contributed by atoms with E-state index >= 15 is 0 Å². The molecule has 5 nitrogen and oxygen atoms in total. The minimum atomic E-state index is -0.339. The van der Waals surface area contributed by atoms with E-state index in [1.54, 1.807) is 25.3 Å². The second-order valence-electron chi connectivity index (χ2n) is 6.28. The fourth-order valence-corrected chi connectivity index (χ4v) is 4.46. The predicted molar refractivity (Wildman–Crippen MR) is 143 cm³/mol. The summed E-state index contributed by atoms with van der Waals surface area (Å²) in [4.78, 5) is 12.3. The number of nitrogens with one attached hydrogen (secondary N) is 1. The molecule has 0 fully saturated rings. The van der Waals surface area contributed by atoms with Gasteiger partial charge in [0.1, 0.15) is 12.4 Å². The maximum absolute atomic E-state index is 12.3. The van der Waals surface area contributed by atoms with Crippen LogP contribution < -0.4 is 14.9 Å². The highest BCUT2D eigenvalue weighted by atomic mass is 127. The SMILES string of the molecule is COc1cc(C(=O)N/N=C\c2cc(Cl)c(OCc3ccc(I)cc3)c(Br)c2)ccc1I. The maximum atomic E-state index is 12.3. The van der Waals surface area contributed by atoms with Crippen molar-refractivity contribution in [1.82, 2.24) is 5.43 Å². The van der Waals surface area contributed by atoms with Crippen molar-refractivity contribution in [1.29, 1.82) is 0 Å². The van der Waals surface area contributed by atoms with Crippen LogP contribution in [0.4, 0.5) is 0 Å². The Morgan fingerprint density at radius 1 is 1.16 bits per heavy atom. The van der Waals surface area contributed by atoms with E-state index in [-0.39, 0.29) is 5.91 Å². The van der Waals surface area contributed by atoms with Crippen molar-refractivity contribution < 1.29 is 14.3 Å². The normalized spacial score (nSPS) is 10.9. The Balaban J connectivity index is 1.64. The lowest BCUT2D eigenvalue weighted by Crippen LogP contribution is -2.17. The average molecular weight is 726 g/mol. The molecule has 0 aliphatic rings. The fourth-order valence-electron chi connectivity index (χ4n) is 2.56. The van der Waals surface area contributed by atoms with E-state index < -0.39 is 0 Å². The number of carbonyl (C=O) groups excluding carboxylic acids is 1. The third-order valence-corrected chi connectivity index (χ3v) is 6.59. The minimum absolute atomic E-state index is 0.339. The standard InChI is InChI=1S/C22H16BrClI2N2O3/c1-30-20-10-15(4-7-19(20)26)22(29)28-27-11-14-8-17(23)21(18(24)9-14)31-12-13-2-5-16(25)6-3-13/h2-11H,12H2,1H3,(H,28,29)/b27-11-. The summed E-state index contributed by atoms with van der Waals surface area (Å²) < 4.78 is 13.9. The zero-order chi connectivity index (χ0) is 22.4. The number of hydrogen-bond acceptors (Lipinski definition) is 4. The van der Waals surface area contributed by atoms with Crippen LogP contribution in [-0.2, 0) is 6.61 Å². The van der Waals surface area contributed by atoms with Crippen LogP contribution in [0.25, 0.3) is 0 Å². The molecular weight excluding hydrogens is 709 g/mol. The van der Waals surface area contributed by atoms with Crippen LogP contribution >= 0.6 is 72.7 Å². The van der Waals surface area contributed by atoms with Crippen LogP contribution in [0.5, 0.6) is 11.5 Å². The Hall–Kier alpha value is -1.37. The zero-order valence-corrected chi connectivity index (χ0v) is 22.8. The molecule has 0 aliphatic heterocycles. The van der Waals surface area contributed by atoms with Gasteiger partial charge in [0.25, 0.3) is 5.91 Å². The van der Waals surface area contributed by atoms with Gasteiger partial charge in [-0.1, -0.05) is 23.7 Å². The van der Waals surface area contributed by atoms with Crippen LogP contribution in [0.15, 0.2) is 64.2 Å². The summed E-state index contributed by atoms with van der Waals surface area (Å²) in [7, 11) is 1.56. The van der Waals surface area contributed by atoms with Crippen LogP contribution in [0, 0.1) is 7.14 Å². The van der Waals surface area contributed by atoms with E-state index in [1.807, 2.05) is 36.4 Å². The minimum Gasteiger partial charge on any atom is -0.496 e. The van der Waals surface area contributed by atoms with E-state index in [0.717, 1.165) is 12.7 Å². The van der Waals surface area contributed by atoms with Gasteiger partial charge >= 0.3 is 0 Å². The van der Waals surface area contributed by atoms with Gasteiger partial charge in [0.2, 0.25) is 0 Å². The van der Waals surface area contributed by atoms with Gasteiger partial charge in [0.05, 0.1) is 26.4 Å². The number of halogens is 4. The molecular formula is C22H16BrClI2N2O3. The topological polar surface area (TPSA) is 59.9 Å². The summed E-state index contributed by atoms with van der Waals surface area (Å²) in [5, 5.41) is 4.46. The Labute approximate surface area is 221 Å². The van der Waals surface area contributed by atoms with Crippen molar-refractivity contribution in [2.45, 2.75) is 6.61 Å². The van der Waals surface area contributed by atoms with E-state index in [4.69, 9.17) is 21.1 Å². The molecule has 0 saturated carbocycles. The maximum Gasteiger partial charge on any atom is 0.271 e. The first-order chi connectivity index (χ1) is 14.9. The zero-order valence-electron chi connectivity index (χ0n) is 16.2. The summed E-state index contributed by atoms with van der Waals surface area (Å²) in [5.74, 6) is 0.842. The van der Waals surface area contributed by atoms with E-state index in [2.05, 4.69) is 71.6 Å². The number of amides is 1. The lowest BCUT2D eigenvalue weighted by Gasteiger charge is -2.11. The molecule has 1 amide bonds. The quantitative estimate of drug-likeness (QED) is 0.169. The molecule has 0 aliphatic carbocycles. The largest absolute Gasteiger partial charge is 0.496 e. The van der Waals surface area contributed by atoms with Gasteiger partial charge < -0.3 is 9.47 Å². The molecule has 3 aromatic rings. The Morgan fingerprint density at radius 2 is 1.90 bits per heavy atom. The first-order valence-electron chi connectivity index (χ1n) is 8.90. The number of carbonyl (C=O) groups is 1. The summed E-state index contributed by atoms with van der Waals surface area (Å²) in [6.45, 7) is 0.401. The fraction of sp³-hybridized carbons (Fsp3) is 0.0909. The molecule has 160 valence electrons. The highest BCUT2D eigenvalue weighted by molar-refractivity contribution is 14.1. The molecule has 31 heavy (non-hydrogen) atoms. The second-order valence-corrected chi connectivity index (χ2v) is 9.95. The van der Waals surface area contributed by atoms with Crippen molar-refractivity contribution in [2.75, 3.05) is 7.11 Å². The van der Waals surface area contributed by atoms with E-state index in [1.165, 1.54) is 6.21 Å². The highest BCUT2D eigenvalue weighted by Gasteiger charge is 2.11. The number of rotatable bonds is 7. The van der Waals surface area contributed by atoms with Crippen molar-refractivity contribution in [3.63, 3.8) is 0 Å². The Kier molecular flexibility index (Phi) is 8.99. The van der Waals surface area contributed by atoms with Crippen LogP contribution in [0.2, 0.25) is 5.02 Å².